The standard InChI is InChI=1S/C16H32N2.ClH/c1-3-11-18(16-7-9-17-10-8-16)13-15-6-4-5-14(2)12-15;/h14-17H,3-13H2,1-2H3;1H. The van der Waals surface area contributed by atoms with Gasteiger partial charge in [-0.25, -0.2) is 0 Å². The molecule has 1 aliphatic heterocycles. The van der Waals surface area contributed by atoms with Crippen molar-refractivity contribution < 1.29 is 0 Å². The number of hydrogen-bond acceptors (Lipinski definition) is 2. The molecule has 0 amide bonds. The van der Waals surface area contributed by atoms with E-state index >= 15 is 0 Å². The molecule has 2 unspecified atom stereocenters. The Labute approximate surface area is 126 Å². The molecule has 0 aromatic heterocycles. The number of nitrogens with one attached hydrogen (secondary N) is 1. The number of piperidine rings is 1. The summed E-state index contributed by atoms with van der Waals surface area (Å²) in [5, 5.41) is 3.50. The third kappa shape index (κ3) is 5.61. The van der Waals surface area contributed by atoms with Gasteiger partial charge in [0.1, 0.15) is 0 Å². The van der Waals surface area contributed by atoms with Crippen molar-refractivity contribution in [1.82, 2.24) is 10.2 Å². The minimum atomic E-state index is 0. The highest BCUT2D eigenvalue weighted by Gasteiger charge is 2.25. The Morgan fingerprint density at radius 2 is 1.84 bits per heavy atom. The Bertz CT molecular complexity index is 229. The molecule has 19 heavy (non-hydrogen) atoms. The number of hydrogen-bond donors (Lipinski definition) is 1. The van der Waals surface area contributed by atoms with Crippen molar-refractivity contribution in [2.75, 3.05) is 26.2 Å². The summed E-state index contributed by atoms with van der Waals surface area (Å²) in [6.07, 6.45) is 9.94. The molecule has 1 saturated carbocycles. The van der Waals surface area contributed by atoms with Gasteiger partial charge in [-0.1, -0.05) is 26.7 Å². The maximum Gasteiger partial charge on any atom is 0.0119 e. The first-order chi connectivity index (χ1) is 8.79. The maximum atomic E-state index is 3.50. The summed E-state index contributed by atoms with van der Waals surface area (Å²) in [4.78, 5) is 2.82. The van der Waals surface area contributed by atoms with E-state index in [0.717, 1.165) is 17.9 Å². The van der Waals surface area contributed by atoms with Gasteiger partial charge in [0, 0.05) is 12.6 Å². The van der Waals surface area contributed by atoms with Gasteiger partial charge in [0.25, 0.3) is 0 Å². The monoisotopic (exact) mass is 288 g/mol. The summed E-state index contributed by atoms with van der Waals surface area (Å²) < 4.78 is 0. The molecule has 0 aromatic carbocycles. The minimum Gasteiger partial charge on any atom is -0.317 e. The predicted molar refractivity (Wildman–Crippen MR) is 86.1 cm³/mol. The van der Waals surface area contributed by atoms with Crippen molar-refractivity contribution >= 4 is 12.4 Å². The van der Waals surface area contributed by atoms with Crippen molar-refractivity contribution in [3.8, 4) is 0 Å². The van der Waals surface area contributed by atoms with E-state index in [9.17, 15) is 0 Å². The van der Waals surface area contributed by atoms with Gasteiger partial charge >= 0.3 is 0 Å². The van der Waals surface area contributed by atoms with Gasteiger partial charge in [0.05, 0.1) is 0 Å². The second kappa shape index (κ2) is 9.20. The Kier molecular flexibility index (Phi) is 8.36. The molecule has 114 valence electrons. The smallest absolute Gasteiger partial charge is 0.0119 e. The predicted octanol–water partition coefficient (Wildman–Crippen LogP) is 3.70. The van der Waals surface area contributed by atoms with E-state index in [1.165, 1.54) is 71.1 Å². The molecular weight excluding hydrogens is 256 g/mol. The molecule has 0 spiro atoms. The van der Waals surface area contributed by atoms with Crippen LogP contribution in [-0.2, 0) is 0 Å². The second-order valence-corrected chi connectivity index (χ2v) is 6.61. The van der Waals surface area contributed by atoms with Crippen molar-refractivity contribution in [3.05, 3.63) is 0 Å². The molecule has 1 saturated heterocycles. The van der Waals surface area contributed by atoms with Crippen molar-refractivity contribution in [1.29, 1.82) is 0 Å². The lowest BCUT2D eigenvalue weighted by atomic mass is 9.82. The van der Waals surface area contributed by atoms with Crippen molar-refractivity contribution in [2.45, 2.75) is 64.8 Å². The van der Waals surface area contributed by atoms with Crippen LogP contribution in [-0.4, -0.2) is 37.1 Å². The Morgan fingerprint density at radius 1 is 1.11 bits per heavy atom. The van der Waals surface area contributed by atoms with E-state index in [1.807, 2.05) is 0 Å². The van der Waals surface area contributed by atoms with Crippen molar-refractivity contribution in [2.24, 2.45) is 11.8 Å². The zero-order chi connectivity index (χ0) is 12.8. The maximum absolute atomic E-state index is 3.50. The van der Waals surface area contributed by atoms with Crippen LogP contribution >= 0.6 is 12.4 Å². The van der Waals surface area contributed by atoms with E-state index in [2.05, 4.69) is 24.1 Å². The van der Waals surface area contributed by atoms with Crippen LogP contribution in [0.3, 0.4) is 0 Å². The van der Waals surface area contributed by atoms with Crippen LogP contribution in [0.4, 0.5) is 0 Å². The number of rotatable bonds is 5. The third-order valence-electron chi connectivity index (χ3n) is 4.87. The van der Waals surface area contributed by atoms with E-state index in [0.29, 0.717) is 0 Å². The summed E-state index contributed by atoms with van der Waals surface area (Å²) in [6, 6.07) is 0.864. The lowest BCUT2D eigenvalue weighted by Gasteiger charge is -2.38. The fourth-order valence-corrected chi connectivity index (χ4v) is 3.94. The number of nitrogens with zero attached hydrogens (tertiary/aromatic N) is 1. The van der Waals surface area contributed by atoms with Crippen LogP contribution in [0.25, 0.3) is 0 Å². The second-order valence-electron chi connectivity index (χ2n) is 6.61. The van der Waals surface area contributed by atoms with Crippen LogP contribution in [0.1, 0.15) is 58.8 Å². The van der Waals surface area contributed by atoms with Gasteiger partial charge < -0.3 is 10.2 Å². The largest absolute Gasteiger partial charge is 0.317 e. The topological polar surface area (TPSA) is 15.3 Å². The molecule has 2 nitrogen and oxygen atoms in total. The number of halogens is 1. The molecule has 3 heteroatoms. The summed E-state index contributed by atoms with van der Waals surface area (Å²) >= 11 is 0. The molecule has 0 radical (unpaired) electrons. The lowest BCUT2D eigenvalue weighted by molar-refractivity contribution is 0.116. The van der Waals surface area contributed by atoms with E-state index in [1.54, 1.807) is 0 Å². The van der Waals surface area contributed by atoms with E-state index < -0.39 is 0 Å². The van der Waals surface area contributed by atoms with Crippen LogP contribution in [0.2, 0.25) is 0 Å². The molecule has 2 aliphatic rings. The zero-order valence-electron chi connectivity index (χ0n) is 12.9. The van der Waals surface area contributed by atoms with Crippen LogP contribution in [0, 0.1) is 11.8 Å². The summed E-state index contributed by atoms with van der Waals surface area (Å²) in [6.45, 7) is 9.93. The van der Waals surface area contributed by atoms with Crippen LogP contribution in [0.5, 0.6) is 0 Å². The van der Waals surface area contributed by atoms with Crippen LogP contribution in [0.15, 0.2) is 0 Å². The minimum absolute atomic E-state index is 0. The first-order valence-corrected chi connectivity index (χ1v) is 8.24. The Balaban J connectivity index is 0.00000180. The van der Waals surface area contributed by atoms with E-state index in [-0.39, 0.29) is 12.4 Å². The fraction of sp³-hybridized carbons (Fsp3) is 1.00. The molecule has 2 atom stereocenters. The molecule has 2 rings (SSSR count). The molecule has 1 N–H and O–H groups in total. The lowest BCUT2D eigenvalue weighted by Crippen LogP contribution is -2.45. The molecule has 0 bridgehead atoms. The van der Waals surface area contributed by atoms with Gasteiger partial charge in [-0.05, 0) is 63.6 Å². The molecule has 1 heterocycles. The highest BCUT2D eigenvalue weighted by molar-refractivity contribution is 5.85. The molecule has 2 fully saturated rings. The SMILES string of the molecule is CCCN(CC1CCCC(C)C1)C1CCNCC1.Cl. The molecular formula is C16H33ClN2. The quantitative estimate of drug-likeness (QED) is 0.830. The fourth-order valence-electron chi connectivity index (χ4n) is 3.94. The summed E-state index contributed by atoms with van der Waals surface area (Å²) in [7, 11) is 0. The molecule has 1 aliphatic carbocycles. The highest BCUT2D eigenvalue weighted by Crippen LogP contribution is 2.30. The van der Waals surface area contributed by atoms with Gasteiger partial charge in [-0.3, -0.25) is 0 Å². The third-order valence-corrected chi connectivity index (χ3v) is 4.87. The normalized spacial score (nSPS) is 29.2. The average Bonchev–Trinajstić information content (AvgIpc) is 2.39. The van der Waals surface area contributed by atoms with Gasteiger partial charge in [0.2, 0.25) is 0 Å². The van der Waals surface area contributed by atoms with Crippen molar-refractivity contribution in [3.63, 3.8) is 0 Å². The first kappa shape index (κ1) is 17.3. The van der Waals surface area contributed by atoms with Gasteiger partial charge in [0.15, 0.2) is 0 Å². The zero-order valence-corrected chi connectivity index (χ0v) is 13.7. The Morgan fingerprint density at radius 3 is 2.47 bits per heavy atom. The van der Waals surface area contributed by atoms with Gasteiger partial charge in [-0.15, -0.1) is 12.4 Å². The molecule has 0 aromatic rings. The first-order valence-electron chi connectivity index (χ1n) is 8.24. The van der Waals surface area contributed by atoms with E-state index in [4.69, 9.17) is 0 Å². The summed E-state index contributed by atoms with van der Waals surface area (Å²) in [5.41, 5.74) is 0. The summed E-state index contributed by atoms with van der Waals surface area (Å²) in [5.74, 6) is 1.95. The Hall–Kier alpha value is 0.210. The van der Waals surface area contributed by atoms with Crippen LogP contribution < -0.4 is 5.32 Å². The average molecular weight is 289 g/mol. The van der Waals surface area contributed by atoms with Gasteiger partial charge in [-0.2, -0.15) is 0 Å². The highest BCUT2D eigenvalue weighted by atomic mass is 35.5.